The number of hydrogen-bond acceptors (Lipinski definition) is 2. The number of carbonyl (C=O) groups is 2. The van der Waals surface area contributed by atoms with Crippen LogP contribution in [-0.4, -0.2) is 23.0 Å². The van der Waals surface area contributed by atoms with Crippen LogP contribution in [0.5, 0.6) is 0 Å². The molecule has 0 heterocycles. The first kappa shape index (κ1) is 14.1. The summed E-state index contributed by atoms with van der Waals surface area (Å²) in [6, 6.07) is 12.8. The van der Waals surface area contributed by atoms with Gasteiger partial charge >= 0.3 is 5.97 Å². The van der Waals surface area contributed by atoms with E-state index in [1.54, 1.807) is 6.92 Å². The van der Waals surface area contributed by atoms with Gasteiger partial charge in [0.05, 0.1) is 0 Å². The van der Waals surface area contributed by atoms with E-state index >= 15 is 0 Å². The minimum absolute atomic E-state index is 0.305. The Balaban J connectivity index is 2.35. The molecule has 0 aliphatic heterocycles. The fourth-order valence-electron chi connectivity index (χ4n) is 2.30. The van der Waals surface area contributed by atoms with Gasteiger partial charge < -0.3 is 10.4 Å². The Labute approximate surface area is 117 Å². The van der Waals surface area contributed by atoms with Crippen molar-refractivity contribution in [2.24, 2.45) is 0 Å². The van der Waals surface area contributed by atoms with Gasteiger partial charge in [-0.1, -0.05) is 49.4 Å². The van der Waals surface area contributed by atoms with Crippen molar-refractivity contribution in [2.75, 3.05) is 0 Å². The number of amides is 1. The molecule has 0 unspecified atom stereocenters. The molecular weight excluding hydrogens is 254 g/mol. The Bertz CT molecular complexity index is 651. The maximum atomic E-state index is 11.3. The van der Waals surface area contributed by atoms with E-state index in [0.29, 0.717) is 0 Å². The Kier molecular flexibility index (Phi) is 4.03. The predicted octanol–water partition coefficient (Wildman–Crippen LogP) is 2.53. The molecule has 2 aromatic rings. The number of hydrogen-bond donors (Lipinski definition) is 2. The summed E-state index contributed by atoms with van der Waals surface area (Å²) in [6.45, 7) is 3.13. The van der Waals surface area contributed by atoms with E-state index in [4.69, 9.17) is 0 Å². The maximum absolute atomic E-state index is 11.3. The lowest BCUT2D eigenvalue weighted by molar-refractivity contribution is -0.142. The highest BCUT2D eigenvalue weighted by atomic mass is 16.4. The van der Waals surface area contributed by atoms with E-state index in [9.17, 15) is 14.7 Å². The van der Waals surface area contributed by atoms with Gasteiger partial charge in [0.25, 0.3) is 0 Å². The Morgan fingerprint density at radius 3 is 2.35 bits per heavy atom. The summed E-state index contributed by atoms with van der Waals surface area (Å²) in [5, 5.41) is 13.9. The number of fused-ring (bicyclic) bond motifs is 1. The number of rotatable bonds is 4. The summed E-state index contributed by atoms with van der Waals surface area (Å²) >= 11 is 0. The first-order valence-corrected chi connectivity index (χ1v) is 6.47. The molecule has 0 fully saturated rings. The SMILES string of the molecule is CC(=O)N[C@H](C(=O)O)[C@H](C)c1ccc2ccccc2c1. The number of benzene rings is 2. The molecule has 0 bridgehead atoms. The zero-order valence-electron chi connectivity index (χ0n) is 11.5. The minimum atomic E-state index is -1.03. The maximum Gasteiger partial charge on any atom is 0.326 e. The molecule has 2 atom stereocenters. The fraction of sp³-hybridized carbons (Fsp3) is 0.250. The van der Waals surface area contributed by atoms with Crippen LogP contribution in [0.2, 0.25) is 0 Å². The van der Waals surface area contributed by atoms with Gasteiger partial charge in [-0.05, 0) is 16.3 Å². The number of aliphatic carboxylic acids is 1. The first-order valence-electron chi connectivity index (χ1n) is 6.47. The molecule has 0 aliphatic carbocycles. The van der Waals surface area contributed by atoms with Crippen LogP contribution in [-0.2, 0) is 9.59 Å². The van der Waals surface area contributed by atoms with E-state index in [-0.39, 0.29) is 11.8 Å². The van der Waals surface area contributed by atoms with Crippen molar-refractivity contribution >= 4 is 22.6 Å². The van der Waals surface area contributed by atoms with Gasteiger partial charge in [0.2, 0.25) is 5.91 Å². The fourth-order valence-corrected chi connectivity index (χ4v) is 2.30. The summed E-state index contributed by atoms with van der Waals surface area (Å²) in [7, 11) is 0. The standard InChI is InChI=1S/C16H17NO3/c1-10(15(16(19)20)17-11(2)18)13-8-7-12-5-3-4-6-14(12)9-13/h3-10,15H,1-2H3,(H,17,18)(H,19,20)/t10-,15+/m1/s1. The lowest BCUT2D eigenvalue weighted by Crippen LogP contribution is -2.43. The zero-order chi connectivity index (χ0) is 14.7. The van der Waals surface area contributed by atoms with Gasteiger partial charge in [0.1, 0.15) is 6.04 Å². The average Bonchev–Trinajstić information content (AvgIpc) is 2.43. The molecule has 4 heteroatoms. The van der Waals surface area contributed by atoms with E-state index < -0.39 is 12.0 Å². The number of carboxylic acids is 1. The van der Waals surface area contributed by atoms with E-state index in [1.165, 1.54) is 6.92 Å². The predicted molar refractivity (Wildman–Crippen MR) is 77.6 cm³/mol. The summed E-state index contributed by atoms with van der Waals surface area (Å²) in [6.07, 6.45) is 0. The molecule has 2 N–H and O–H groups in total. The number of carbonyl (C=O) groups excluding carboxylic acids is 1. The van der Waals surface area contributed by atoms with Crippen molar-refractivity contribution < 1.29 is 14.7 Å². The van der Waals surface area contributed by atoms with Crippen molar-refractivity contribution in [3.05, 3.63) is 48.0 Å². The Morgan fingerprint density at radius 2 is 1.75 bits per heavy atom. The zero-order valence-corrected chi connectivity index (χ0v) is 11.5. The van der Waals surface area contributed by atoms with E-state index in [0.717, 1.165) is 16.3 Å². The third-order valence-corrected chi connectivity index (χ3v) is 3.42. The Morgan fingerprint density at radius 1 is 1.10 bits per heavy atom. The molecule has 1 amide bonds. The highest BCUT2D eigenvalue weighted by Gasteiger charge is 2.26. The third-order valence-electron chi connectivity index (χ3n) is 3.42. The van der Waals surface area contributed by atoms with Crippen LogP contribution >= 0.6 is 0 Å². The van der Waals surface area contributed by atoms with Gasteiger partial charge in [-0.3, -0.25) is 4.79 Å². The second kappa shape index (κ2) is 5.74. The minimum Gasteiger partial charge on any atom is -0.480 e. The second-order valence-electron chi connectivity index (χ2n) is 4.91. The second-order valence-corrected chi connectivity index (χ2v) is 4.91. The highest BCUT2D eigenvalue weighted by Crippen LogP contribution is 2.24. The molecule has 0 saturated carbocycles. The van der Waals surface area contributed by atoms with Crippen molar-refractivity contribution in [3.63, 3.8) is 0 Å². The molecular formula is C16H17NO3. The quantitative estimate of drug-likeness (QED) is 0.898. The van der Waals surface area contributed by atoms with Gasteiger partial charge in [-0.15, -0.1) is 0 Å². The van der Waals surface area contributed by atoms with Crippen molar-refractivity contribution in [1.29, 1.82) is 0 Å². The van der Waals surface area contributed by atoms with E-state index in [2.05, 4.69) is 5.32 Å². The average molecular weight is 271 g/mol. The smallest absolute Gasteiger partial charge is 0.326 e. The van der Waals surface area contributed by atoms with Crippen molar-refractivity contribution in [1.82, 2.24) is 5.32 Å². The highest BCUT2D eigenvalue weighted by molar-refractivity contribution is 5.85. The first-order chi connectivity index (χ1) is 9.49. The molecule has 0 radical (unpaired) electrons. The normalized spacial score (nSPS) is 13.7. The van der Waals surface area contributed by atoms with Crippen LogP contribution in [0.3, 0.4) is 0 Å². The van der Waals surface area contributed by atoms with Crippen LogP contribution in [0.15, 0.2) is 42.5 Å². The number of carboxylic acid groups (broad SMARTS) is 1. The summed E-state index contributed by atoms with van der Waals surface area (Å²) in [4.78, 5) is 22.4. The number of nitrogens with one attached hydrogen (secondary N) is 1. The summed E-state index contributed by atoms with van der Waals surface area (Å²) < 4.78 is 0. The largest absolute Gasteiger partial charge is 0.480 e. The molecule has 4 nitrogen and oxygen atoms in total. The molecule has 0 saturated heterocycles. The lowest BCUT2D eigenvalue weighted by atomic mass is 9.91. The van der Waals surface area contributed by atoms with Crippen molar-refractivity contribution in [2.45, 2.75) is 25.8 Å². The molecule has 2 aromatic carbocycles. The monoisotopic (exact) mass is 271 g/mol. The van der Waals surface area contributed by atoms with Crippen LogP contribution in [0.4, 0.5) is 0 Å². The van der Waals surface area contributed by atoms with Crippen LogP contribution in [0.1, 0.15) is 25.3 Å². The molecule has 0 aromatic heterocycles. The topological polar surface area (TPSA) is 66.4 Å². The summed E-state index contributed by atoms with van der Waals surface area (Å²) in [5.41, 5.74) is 0.893. The molecule has 20 heavy (non-hydrogen) atoms. The van der Waals surface area contributed by atoms with Crippen molar-refractivity contribution in [3.8, 4) is 0 Å². The van der Waals surface area contributed by atoms with E-state index in [1.807, 2.05) is 42.5 Å². The third kappa shape index (κ3) is 2.96. The van der Waals surface area contributed by atoms with Gasteiger partial charge in [0.15, 0.2) is 0 Å². The van der Waals surface area contributed by atoms with Gasteiger partial charge in [-0.25, -0.2) is 4.79 Å². The van der Waals surface area contributed by atoms with Gasteiger partial charge in [0, 0.05) is 12.8 Å². The van der Waals surface area contributed by atoms with Crippen LogP contribution in [0.25, 0.3) is 10.8 Å². The Hall–Kier alpha value is -2.36. The van der Waals surface area contributed by atoms with Gasteiger partial charge in [-0.2, -0.15) is 0 Å². The molecule has 0 spiro atoms. The summed E-state index contributed by atoms with van der Waals surface area (Å²) in [5.74, 6) is -1.67. The molecule has 104 valence electrons. The molecule has 2 rings (SSSR count). The lowest BCUT2D eigenvalue weighted by Gasteiger charge is -2.21. The van der Waals surface area contributed by atoms with Crippen LogP contribution in [0, 0.1) is 0 Å². The van der Waals surface area contributed by atoms with Crippen LogP contribution < -0.4 is 5.32 Å². The molecule has 0 aliphatic rings.